The monoisotopic (exact) mass is 452 g/mol. The van der Waals surface area contributed by atoms with E-state index in [1.165, 1.54) is 29.0 Å². The molecule has 0 spiro atoms. The van der Waals surface area contributed by atoms with Gasteiger partial charge in [0.05, 0.1) is 10.6 Å². The minimum absolute atomic E-state index is 0.143. The molecule has 0 bridgehead atoms. The van der Waals surface area contributed by atoms with Gasteiger partial charge < -0.3 is 5.32 Å². The van der Waals surface area contributed by atoms with Crippen LogP contribution in [0.3, 0.4) is 0 Å². The van der Waals surface area contributed by atoms with E-state index in [0.29, 0.717) is 18.0 Å². The molecular formula is C21H28N2O3S3. The smallest absolute Gasteiger partial charge is 0.240 e. The molecule has 0 fully saturated rings. The fourth-order valence-electron chi connectivity index (χ4n) is 2.43. The number of sulfonamides is 1. The van der Waals surface area contributed by atoms with E-state index in [0.717, 1.165) is 10.6 Å². The van der Waals surface area contributed by atoms with Crippen molar-refractivity contribution in [2.24, 2.45) is 5.92 Å². The summed E-state index contributed by atoms with van der Waals surface area (Å²) in [6.07, 6.45) is 1.89. The average molecular weight is 453 g/mol. The molecule has 0 aliphatic rings. The lowest BCUT2D eigenvalue weighted by Crippen LogP contribution is -2.26. The second-order valence-corrected chi connectivity index (χ2v) is 10.7. The summed E-state index contributed by atoms with van der Waals surface area (Å²) in [5, 5.41) is 2.82. The maximum atomic E-state index is 12.6. The number of anilines is 1. The fraction of sp³-hybridized carbons (Fsp3) is 0.381. The number of thioether (sulfide) groups is 2. The van der Waals surface area contributed by atoms with Gasteiger partial charge in [-0.05, 0) is 36.9 Å². The Morgan fingerprint density at radius 3 is 2.41 bits per heavy atom. The molecule has 0 aromatic heterocycles. The molecular weight excluding hydrogens is 424 g/mol. The summed E-state index contributed by atoms with van der Waals surface area (Å²) in [5.74, 6) is 1.19. The molecule has 2 N–H and O–H groups in total. The topological polar surface area (TPSA) is 75.3 Å². The molecule has 0 heterocycles. The van der Waals surface area contributed by atoms with E-state index in [9.17, 15) is 13.2 Å². The minimum Gasteiger partial charge on any atom is -0.325 e. The van der Waals surface area contributed by atoms with Crippen LogP contribution in [0.5, 0.6) is 0 Å². The Morgan fingerprint density at radius 1 is 1.10 bits per heavy atom. The van der Waals surface area contributed by atoms with Crippen molar-refractivity contribution >= 4 is 45.1 Å². The highest BCUT2D eigenvalue weighted by atomic mass is 32.2. The zero-order valence-electron chi connectivity index (χ0n) is 17.2. The van der Waals surface area contributed by atoms with E-state index < -0.39 is 10.0 Å². The zero-order valence-corrected chi connectivity index (χ0v) is 19.6. The van der Waals surface area contributed by atoms with Crippen molar-refractivity contribution in [1.29, 1.82) is 0 Å². The summed E-state index contributed by atoms with van der Waals surface area (Å²) in [5.41, 5.74) is 2.97. The number of nitrogens with one attached hydrogen (secondary N) is 2. The van der Waals surface area contributed by atoms with Crippen LogP contribution >= 0.6 is 23.5 Å². The largest absolute Gasteiger partial charge is 0.325 e. The first-order chi connectivity index (χ1) is 13.7. The number of hydrogen-bond donors (Lipinski definition) is 2. The van der Waals surface area contributed by atoms with E-state index in [2.05, 4.69) is 41.2 Å². The van der Waals surface area contributed by atoms with Gasteiger partial charge in [-0.15, -0.1) is 11.8 Å². The van der Waals surface area contributed by atoms with Crippen LogP contribution in [-0.2, 0) is 20.6 Å². The van der Waals surface area contributed by atoms with Gasteiger partial charge in [-0.25, -0.2) is 13.1 Å². The molecule has 0 saturated carbocycles. The Balaban J connectivity index is 1.95. The number of benzene rings is 2. The van der Waals surface area contributed by atoms with Crippen LogP contribution in [0.15, 0.2) is 52.3 Å². The zero-order chi connectivity index (χ0) is 21.4. The summed E-state index contributed by atoms with van der Waals surface area (Å²) in [7, 11) is -3.64. The number of carbonyl (C=O) groups excluding carboxylic acids is 1. The first-order valence-corrected chi connectivity index (χ1v) is 13.2. The van der Waals surface area contributed by atoms with E-state index in [1.807, 2.05) is 6.26 Å². The Hall–Kier alpha value is -1.48. The third kappa shape index (κ3) is 7.37. The SMILES string of the molecule is CSc1ccc(S(=O)(=O)NCCSCc2ccc(C)cc2)cc1NC(=O)C(C)C. The Morgan fingerprint density at radius 2 is 1.79 bits per heavy atom. The Kier molecular flexibility index (Phi) is 9.07. The standard InChI is InChI=1S/C21H28N2O3S3/c1-15(2)21(24)23-19-13-18(9-10-20(19)27-4)29(25,26)22-11-12-28-14-17-7-5-16(3)6-8-17/h5-10,13,15,22H,11-12,14H2,1-4H3,(H,23,24). The third-order valence-corrected chi connectivity index (χ3v) is 7.48. The molecule has 2 rings (SSSR count). The molecule has 0 unspecified atom stereocenters. The van der Waals surface area contributed by atoms with Gasteiger partial charge in [0, 0.05) is 28.9 Å². The number of carbonyl (C=O) groups is 1. The highest BCUT2D eigenvalue weighted by Gasteiger charge is 2.17. The minimum atomic E-state index is -3.64. The number of rotatable bonds is 10. The molecule has 2 aromatic rings. The molecule has 29 heavy (non-hydrogen) atoms. The first-order valence-electron chi connectivity index (χ1n) is 9.35. The maximum Gasteiger partial charge on any atom is 0.240 e. The van der Waals surface area contributed by atoms with Crippen LogP contribution in [0.1, 0.15) is 25.0 Å². The molecule has 0 atom stereocenters. The van der Waals surface area contributed by atoms with Crippen molar-refractivity contribution in [2.45, 2.75) is 36.3 Å². The summed E-state index contributed by atoms with van der Waals surface area (Å²) in [6, 6.07) is 13.1. The normalized spacial score (nSPS) is 11.6. The van der Waals surface area contributed by atoms with Crippen LogP contribution in [-0.4, -0.2) is 32.9 Å². The van der Waals surface area contributed by atoms with Crippen LogP contribution in [0.25, 0.3) is 0 Å². The summed E-state index contributed by atoms with van der Waals surface area (Å²) >= 11 is 3.14. The van der Waals surface area contributed by atoms with Gasteiger partial charge in [0.25, 0.3) is 0 Å². The van der Waals surface area contributed by atoms with Gasteiger partial charge >= 0.3 is 0 Å². The van der Waals surface area contributed by atoms with Crippen molar-refractivity contribution in [3.8, 4) is 0 Å². The van der Waals surface area contributed by atoms with Crippen LogP contribution < -0.4 is 10.0 Å². The van der Waals surface area contributed by atoms with Gasteiger partial charge in [0.15, 0.2) is 0 Å². The lowest BCUT2D eigenvalue weighted by molar-refractivity contribution is -0.118. The van der Waals surface area contributed by atoms with Crippen molar-refractivity contribution in [3.63, 3.8) is 0 Å². The average Bonchev–Trinajstić information content (AvgIpc) is 2.69. The Labute approximate surface area is 182 Å². The lowest BCUT2D eigenvalue weighted by atomic mass is 10.2. The maximum absolute atomic E-state index is 12.6. The first kappa shape index (κ1) is 23.8. The fourth-order valence-corrected chi connectivity index (χ4v) is 4.97. The lowest BCUT2D eigenvalue weighted by Gasteiger charge is -2.14. The second-order valence-electron chi connectivity index (χ2n) is 6.94. The van der Waals surface area contributed by atoms with Crippen LogP contribution in [0.2, 0.25) is 0 Å². The van der Waals surface area contributed by atoms with E-state index in [1.54, 1.807) is 37.7 Å². The summed E-state index contributed by atoms with van der Waals surface area (Å²) < 4.78 is 27.9. The molecule has 8 heteroatoms. The Bertz CT molecular complexity index is 927. The highest BCUT2D eigenvalue weighted by molar-refractivity contribution is 7.99. The van der Waals surface area contributed by atoms with Crippen LogP contribution in [0, 0.1) is 12.8 Å². The molecule has 5 nitrogen and oxygen atoms in total. The van der Waals surface area contributed by atoms with Crippen LogP contribution in [0.4, 0.5) is 5.69 Å². The highest BCUT2D eigenvalue weighted by Crippen LogP contribution is 2.28. The van der Waals surface area contributed by atoms with Gasteiger partial charge in [-0.1, -0.05) is 43.7 Å². The molecule has 0 aliphatic heterocycles. The predicted octanol–water partition coefficient (Wildman–Crippen LogP) is 4.52. The van der Waals surface area contributed by atoms with Crippen molar-refractivity contribution in [1.82, 2.24) is 4.72 Å². The predicted molar refractivity (Wildman–Crippen MR) is 124 cm³/mol. The van der Waals surface area contributed by atoms with E-state index in [4.69, 9.17) is 0 Å². The number of aryl methyl sites for hydroxylation is 1. The molecule has 1 amide bonds. The van der Waals surface area contributed by atoms with Gasteiger partial charge in [0.2, 0.25) is 15.9 Å². The van der Waals surface area contributed by atoms with Crippen molar-refractivity contribution in [3.05, 3.63) is 53.6 Å². The van der Waals surface area contributed by atoms with E-state index in [-0.39, 0.29) is 16.7 Å². The van der Waals surface area contributed by atoms with Crippen molar-refractivity contribution in [2.75, 3.05) is 23.9 Å². The summed E-state index contributed by atoms with van der Waals surface area (Å²) in [6.45, 7) is 5.99. The quantitative estimate of drug-likeness (QED) is 0.409. The van der Waals surface area contributed by atoms with Gasteiger partial charge in [0.1, 0.15) is 0 Å². The molecule has 0 saturated heterocycles. The van der Waals surface area contributed by atoms with Gasteiger partial charge in [-0.2, -0.15) is 11.8 Å². The van der Waals surface area contributed by atoms with Gasteiger partial charge in [-0.3, -0.25) is 4.79 Å². The molecule has 2 aromatic carbocycles. The molecule has 0 aliphatic carbocycles. The summed E-state index contributed by atoms with van der Waals surface area (Å²) in [4.78, 5) is 13.0. The number of hydrogen-bond acceptors (Lipinski definition) is 5. The number of amides is 1. The third-order valence-electron chi connectivity index (χ3n) is 4.19. The molecule has 0 radical (unpaired) electrons. The van der Waals surface area contributed by atoms with Crippen molar-refractivity contribution < 1.29 is 13.2 Å². The van der Waals surface area contributed by atoms with E-state index >= 15 is 0 Å². The molecule has 158 valence electrons. The second kappa shape index (κ2) is 11.1.